The molecule has 0 amide bonds. The lowest BCUT2D eigenvalue weighted by Crippen LogP contribution is -2.60. The molecule has 0 spiro atoms. The van der Waals surface area contributed by atoms with Crippen molar-refractivity contribution >= 4 is 5.97 Å². The van der Waals surface area contributed by atoms with E-state index in [0.717, 1.165) is 43.4 Å². The van der Waals surface area contributed by atoms with E-state index in [1.54, 1.807) is 0 Å². The third-order valence-corrected chi connectivity index (χ3v) is 8.08. The number of hydrogen-bond donors (Lipinski definition) is 1. The van der Waals surface area contributed by atoms with Crippen LogP contribution in [0, 0.1) is 10.8 Å². The summed E-state index contributed by atoms with van der Waals surface area (Å²) in [4.78, 5) is 12.3. The minimum absolute atomic E-state index is 0.155. The molecule has 0 heterocycles. The van der Waals surface area contributed by atoms with Gasteiger partial charge in [-0.05, 0) is 72.3 Å². The van der Waals surface area contributed by atoms with Crippen molar-refractivity contribution in [2.45, 2.75) is 64.9 Å². The summed E-state index contributed by atoms with van der Waals surface area (Å²) in [5.41, 5.74) is 2.67. The van der Waals surface area contributed by atoms with E-state index < -0.39 is 11.4 Å². The highest BCUT2D eigenvalue weighted by molar-refractivity contribution is 5.76. The van der Waals surface area contributed by atoms with E-state index in [2.05, 4.69) is 44.2 Å². The number of carboxylic acids is 1. The second kappa shape index (κ2) is 6.65. The summed E-state index contributed by atoms with van der Waals surface area (Å²) in [5.74, 6) is 0.219. The van der Waals surface area contributed by atoms with Crippen molar-refractivity contribution in [3.8, 4) is 5.75 Å². The zero-order chi connectivity index (χ0) is 20.0. The van der Waals surface area contributed by atoms with E-state index in [1.165, 1.54) is 11.1 Å². The maximum atomic E-state index is 12.3. The van der Waals surface area contributed by atoms with Crippen molar-refractivity contribution in [1.29, 1.82) is 0 Å². The molecule has 1 N–H and O–H groups in total. The Labute approximate surface area is 167 Å². The molecule has 2 aliphatic rings. The summed E-state index contributed by atoms with van der Waals surface area (Å²) < 4.78 is 6.10. The van der Waals surface area contributed by atoms with Crippen LogP contribution in [0.5, 0.6) is 5.75 Å². The van der Waals surface area contributed by atoms with Gasteiger partial charge in [0.1, 0.15) is 12.4 Å². The van der Waals surface area contributed by atoms with Gasteiger partial charge in [0.25, 0.3) is 0 Å². The molecule has 3 nitrogen and oxygen atoms in total. The Kier molecular flexibility index (Phi) is 4.52. The molecule has 148 valence electrons. The monoisotopic (exact) mass is 378 g/mol. The number of carboxylic acid groups (broad SMARTS) is 1. The van der Waals surface area contributed by atoms with Gasteiger partial charge in [0.05, 0.1) is 5.41 Å². The average Bonchev–Trinajstić information content (AvgIpc) is 2.69. The fraction of sp³-hybridized carbons (Fsp3) is 0.480. The normalized spacial score (nSPS) is 31.5. The molecule has 0 saturated heterocycles. The summed E-state index contributed by atoms with van der Waals surface area (Å²) in [6, 6.07) is 16.6. The van der Waals surface area contributed by atoms with E-state index in [1.807, 2.05) is 25.1 Å². The summed E-state index contributed by atoms with van der Waals surface area (Å²) >= 11 is 0. The van der Waals surface area contributed by atoms with Crippen LogP contribution in [0.25, 0.3) is 0 Å². The molecule has 0 aromatic heterocycles. The topological polar surface area (TPSA) is 46.5 Å². The summed E-state index contributed by atoms with van der Waals surface area (Å²) in [6.45, 7) is 7.00. The van der Waals surface area contributed by atoms with Crippen molar-refractivity contribution in [3.05, 3.63) is 65.2 Å². The quantitative estimate of drug-likeness (QED) is 0.737. The lowest BCUT2D eigenvalue weighted by Gasteiger charge is -2.61. The minimum Gasteiger partial charge on any atom is -0.489 e. The zero-order valence-electron chi connectivity index (χ0n) is 17.1. The fourth-order valence-corrected chi connectivity index (χ4v) is 5.79. The van der Waals surface area contributed by atoms with Crippen molar-refractivity contribution in [2.24, 2.45) is 10.8 Å². The van der Waals surface area contributed by atoms with Crippen molar-refractivity contribution < 1.29 is 14.6 Å². The molecular formula is C25H30O3. The van der Waals surface area contributed by atoms with Gasteiger partial charge in [-0.1, -0.05) is 56.7 Å². The van der Waals surface area contributed by atoms with Crippen LogP contribution in [-0.2, 0) is 23.2 Å². The smallest absolute Gasteiger partial charge is 0.309 e. The standard InChI is InChI=1S/C25H30O3/c1-23-13-7-14-24(2,22(26)27)25(23,3)15-12-19-10-11-20(16-21(19)23)28-17-18-8-5-4-6-9-18/h4-6,8-11,16H,7,12-15,17H2,1-3H3,(H,26,27)/t23-,24-,25-/m1/s1. The summed E-state index contributed by atoms with van der Waals surface area (Å²) in [5, 5.41) is 10.1. The van der Waals surface area contributed by atoms with Crippen molar-refractivity contribution in [1.82, 2.24) is 0 Å². The van der Waals surface area contributed by atoms with Crippen molar-refractivity contribution in [3.63, 3.8) is 0 Å². The predicted octanol–water partition coefficient (Wildman–Crippen LogP) is 5.75. The number of aryl methyl sites for hydroxylation is 1. The molecule has 1 fully saturated rings. The molecule has 0 aliphatic heterocycles. The van der Waals surface area contributed by atoms with Crippen LogP contribution in [0.15, 0.2) is 48.5 Å². The lowest BCUT2D eigenvalue weighted by molar-refractivity contribution is -0.168. The molecule has 0 unspecified atom stereocenters. The number of carbonyl (C=O) groups is 1. The Bertz CT molecular complexity index is 890. The minimum atomic E-state index is -0.696. The van der Waals surface area contributed by atoms with Gasteiger partial charge in [-0.2, -0.15) is 0 Å². The van der Waals surface area contributed by atoms with Crippen LogP contribution >= 0.6 is 0 Å². The second-order valence-corrected chi connectivity index (χ2v) is 9.25. The number of rotatable bonds is 4. The van der Waals surface area contributed by atoms with E-state index >= 15 is 0 Å². The zero-order valence-corrected chi connectivity index (χ0v) is 17.1. The Morgan fingerprint density at radius 3 is 2.50 bits per heavy atom. The average molecular weight is 379 g/mol. The molecule has 28 heavy (non-hydrogen) atoms. The van der Waals surface area contributed by atoms with Crippen LogP contribution in [0.1, 0.15) is 63.1 Å². The highest BCUT2D eigenvalue weighted by Gasteiger charge is 2.63. The maximum absolute atomic E-state index is 12.3. The number of fused-ring (bicyclic) bond motifs is 3. The molecule has 0 radical (unpaired) electrons. The highest BCUT2D eigenvalue weighted by atomic mass is 16.5. The van der Waals surface area contributed by atoms with E-state index in [-0.39, 0.29) is 10.8 Å². The third-order valence-electron chi connectivity index (χ3n) is 8.08. The van der Waals surface area contributed by atoms with Gasteiger partial charge in [0.2, 0.25) is 0 Å². The highest BCUT2D eigenvalue weighted by Crippen LogP contribution is 2.65. The molecule has 3 heteroatoms. The Morgan fingerprint density at radius 2 is 1.79 bits per heavy atom. The van der Waals surface area contributed by atoms with E-state index in [4.69, 9.17) is 4.74 Å². The Hall–Kier alpha value is -2.29. The van der Waals surface area contributed by atoms with Gasteiger partial charge in [-0.3, -0.25) is 4.79 Å². The Morgan fingerprint density at radius 1 is 1.04 bits per heavy atom. The molecule has 0 bridgehead atoms. The first-order valence-electron chi connectivity index (χ1n) is 10.3. The largest absolute Gasteiger partial charge is 0.489 e. The number of hydrogen-bond acceptors (Lipinski definition) is 2. The molecule has 2 aromatic carbocycles. The summed E-state index contributed by atoms with van der Waals surface area (Å²) in [6.07, 6.45) is 4.59. The van der Waals surface area contributed by atoms with E-state index in [0.29, 0.717) is 6.61 Å². The molecule has 1 saturated carbocycles. The fourth-order valence-electron chi connectivity index (χ4n) is 5.79. The Balaban J connectivity index is 1.70. The van der Waals surface area contributed by atoms with Crippen molar-refractivity contribution in [2.75, 3.05) is 0 Å². The number of benzene rings is 2. The first-order chi connectivity index (χ1) is 13.3. The first kappa shape index (κ1) is 19.0. The SMILES string of the molecule is C[C@@]12CCc3ccc(OCc4ccccc4)cc3[C@@]1(C)CCC[C@]2(C)C(=O)O. The molecule has 3 atom stereocenters. The number of ether oxygens (including phenoxy) is 1. The first-order valence-corrected chi connectivity index (χ1v) is 10.3. The van der Waals surface area contributed by atoms with Gasteiger partial charge in [0.15, 0.2) is 0 Å². The van der Waals surface area contributed by atoms with Crippen LogP contribution in [-0.4, -0.2) is 11.1 Å². The third kappa shape index (κ3) is 2.67. The van der Waals surface area contributed by atoms with Gasteiger partial charge < -0.3 is 9.84 Å². The molecule has 2 aromatic rings. The molecule has 2 aliphatic carbocycles. The predicted molar refractivity (Wildman–Crippen MR) is 111 cm³/mol. The van der Waals surface area contributed by atoms with Crippen LogP contribution < -0.4 is 4.74 Å². The number of aliphatic carboxylic acids is 1. The van der Waals surface area contributed by atoms with Gasteiger partial charge in [-0.15, -0.1) is 0 Å². The van der Waals surface area contributed by atoms with Gasteiger partial charge in [-0.25, -0.2) is 0 Å². The summed E-state index contributed by atoms with van der Waals surface area (Å²) in [7, 11) is 0. The lowest BCUT2D eigenvalue weighted by atomic mass is 9.41. The second-order valence-electron chi connectivity index (χ2n) is 9.25. The van der Waals surface area contributed by atoms with Crippen LogP contribution in [0.2, 0.25) is 0 Å². The van der Waals surface area contributed by atoms with E-state index in [9.17, 15) is 9.90 Å². The maximum Gasteiger partial charge on any atom is 0.309 e. The molecule has 4 rings (SSSR count). The van der Waals surface area contributed by atoms with Crippen LogP contribution in [0.3, 0.4) is 0 Å². The van der Waals surface area contributed by atoms with Gasteiger partial charge >= 0.3 is 5.97 Å². The van der Waals surface area contributed by atoms with Gasteiger partial charge in [0, 0.05) is 0 Å². The van der Waals surface area contributed by atoms with Crippen LogP contribution in [0.4, 0.5) is 0 Å². The molecular weight excluding hydrogens is 348 g/mol.